The van der Waals surface area contributed by atoms with Crippen molar-refractivity contribution in [2.45, 2.75) is 55.3 Å². The second-order valence-electron chi connectivity index (χ2n) is 10.4. The molecule has 0 unspecified atom stereocenters. The lowest BCUT2D eigenvalue weighted by Gasteiger charge is -2.74. The summed E-state index contributed by atoms with van der Waals surface area (Å²) in [7, 11) is 0. The molecule has 1 saturated heterocycles. The number of ether oxygens (including phenoxy) is 1. The van der Waals surface area contributed by atoms with Gasteiger partial charge in [0.2, 0.25) is 0 Å². The van der Waals surface area contributed by atoms with E-state index in [2.05, 4.69) is 20.8 Å². The van der Waals surface area contributed by atoms with Gasteiger partial charge < -0.3 is 15.2 Å². The molecule has 3 aliphatic carbocycles. The number of nitrogens with zero attached hydrogens (tertiary/aromatic N) is 4. The number of aromatic nitrogens is 4. The van der Waals surface area contributed by atoms with Gasteiger partial charge in [0, 0.05) is 23.6 Å². The highest BCUT2D eigenvalue weighted by molar-refractivity contribution is 5.44. The van der Waals surface area contributed by atoms with Crippen molar-refractivity contribution in [1.82, 2.24) is 25.5 Å². The average Bonchev–Trinajstić information content (AvgIpc) is 3.47. The Morgan fingerprint density at radius 2 is 1.86 bits per heavy atom. The quantitative estimate of drug-likeness (QED) is 0.459. The molecule has 0 spiro atoms. The Balaban J connectivity index is 1.25. The van der Waals surface area contributed by atoms with Crippen LogP contribution in [0.4, 0.5) is 17.6 Å². The van der Waals surface area contributed by atoms with Crippen molar-refractivity contribution < 1.29 is 27.4 Å². The summed E-state index contributed by atoms with van der Waals surface area (Å²) >= 11 is 0. The molecule has 1 aliphatic heterocycles. The molecule has 36 heavy (non-hydrogen) atoms. The molecule has 2 heterocycles. The van der Waals surface area contributed by atoms with Crippen molar-refractivity contribution in [2.75, 3.05) is 13.1 Å². The Morgan fingerprint density at radius 1 is 1.11 bits per heavy atom. The van der Waals surface area contributed by atoms with Crippen LogP contribution in [0.5, 0.6) is 5.75 Å². The van der Waals surface area contributed by atoms with Gasteiger partial charge in [-0.3, -0.25) is 0 Å². The Kier molecular flexibility index (Phi) is 5.17. The van der Waals surface area contributed by atoms with Crippen LogP contribution in [-0.2, 0) is 17.6 Å². The smallest absolute Gasteiger partial charge is 0.287 e. The standard InChI is InChI=1S/C25H25F4N5O2/c26-17-3-6-20(21(27)9-17)24(35,14-34-15-31-32-33-34)25(28,29)23-11-22(12-23,13-23)16-1-4-18(5-2-16)36-19-7-8-30-10-19/h1-6,9,15,19,30,35H,7-8,10-14H2/t19-,22?,23?,24+/m1/s1. The molecule has 0 amide bonds. The van der Waals surface area contributed by atoms with Gasteiger partial charge >= 0.3 is 0 Å². The molecule has 190 valence electrons. The number of aliphatic hydroxyl groups is 1. The van der Waals surface area contributed by atoms with Crippen LogP contribution in [0.2, 0.25) is 0 Å². The molecule has 4 fully saturated rings. The summed E-state index contributed by atoms with van der Waals surface area (Å²) in [6.07, 6.45) is 2.54. The molecule has 7 rings (SSSR count). The molecule has 3 aromatic rings. The van der Waals surface area contributed by atoms with E-state index < -0.39 is 46.1 Å². The van der Waals surface area contributed by atoms with Gasteiger partial charge in [-0.15, -0.1) is 5.10 Å². The van der Waals surface area contributed by atoms with Crippen molar-refractivity contribution in [3.05, 3.63) is 71.6 Å². The minimum atomic E-state index is -3.75. The molecule has 11 heteroatoms. The van der Waals surface area contributed by atoms with E-state index in [1.54, 1.807) is 0 Å². The number of hydrogen-bond donors (Lipinski definition) is 2. The molecule has 2 aromatic carbocycles. The normalized spacial score (nSPS) is 28.8. The Bertz CT molecular complexity index is 1240. The lowest BCUT2D eigenvalue weighted by Crippen LogP contribution is -2.76. The molecule has 0 radical (unpaired) electrons. The maximum Gasteiger partial charge on any atom is 0.287 e. The summed E-state index contributed by atoms with van der Waals surface area (Å²) in [5.41, 5.74) is -4.69. The molecular formula is C25H25F4N5O2. The first kappa shape index (κ1) is 23.4. The number of benzene rings is 2. The third-order valence-corrected chi connectivity index (χ3v) is 8.16. The van der Waals surface area contributed by atoms with Gasteiger partial charge in [0.1, 0.15) is 29.8 Å². The Hall–Kier alpha value is -3.05. The topological polar surface area (TPSA) is 85.1 Å². The van der Waals surface area contributed by atoms with Gasteiger partial charge in [0.05, 0.1) is 6.54 Å². The van der Waals surface area contributed by atoms with E-state index in [-0.39, 0.29) is 25.4 Å². The molecule has 4 aliphatic rings. The van der Waals surface area contributed by atoms with Crippen molar-refractivity contribution in [2.24, 2.45) is 5.41 Å². The first-order valence-electron chi connectivity index (χ1n) is 11.9. The maximum atomic E-state index is 16.3. The van der Waals surface area contributed by atoms with Gasteiger partial charge in [0.15, 0.2) is 5.60 Å². The minimum absolute atomic E-state index is 0.123. The van der Waals surface area contributed by atoms with Crippen LogP contribution in [0.15, 0.2) is 48.8 Å². The molecule has 3 saturated carbocycles. The molecule has 2 N–H and O–H groups in total. The van der Waals surface area contributed by atoms with E-state index in [4.69, 9.17) is 4.74 Å². The summed E-state index contributed by atoms with van der Waals surface area (Å²) in [5, 5.41) is 25.1. The molecular weight excluding hydrogens is 478 g/mol. The van der Waals surface area contributed by atoms with Crippen molar-refractivity contribution >= 4 is 0 Å². The minimum Gasteiger partial charge on any atom is -0.489 e. The maximum absolute atomic E-state index is 16.3. The van der Waals surface area contributed by atoms with Crippen molar-refractivity contribution in [3.8, 4) is 5.75 Å². The SMILES string of the molecule is O[C@@](Cn1cnnn1)(c1ccc(F)cc1F)C(F)(F)C12CC(c3ccc(O[C@@H]4CCNC4)cc3)(C1)C2. The monoisotopic (exact) mass is 503 g/mol. The van der Waals surface area contributed by atoms with E-state index in [1.165, 1.54) is 0 Å². The second kappa shape index (κ2) is 7.97. The van der Waals surface area contributed by atoms with E-state index >= 15 is 8.78 Å². The lowest BCUT2D eigenvalue weighted by molar-refractivity contribution is -0.347. The van der Waals surface area contributed by atoms with E-state index in [0.717, 1.165) is 54.0 Å². The number of halogens is 4. The van der Waals surface area contributed by atoms with Crippen LogP contribution in [0.1, 0.15) is 36.8 Å². The first-order chi connectivity index (χ1) is 17.2. The zero-order valence-corrected chi connectivity index (χ0v) is 19.3. The number of hydrogen-bond acceptors (Lipinski definition) is 6. The second-order valence-corrected chi connectivity index (χ2v) is 10.4. The van der Waals surface area contributed by atoms with Crippen molar-refractivity contribution in [3.63, 3.8) is 0 Å². The van der Waals surface area contributed by atoms with Crippen molar-refractivity contribution in [1.29, 1.82) is 0 Å². The third kappa shape index (κ3) is 3.36. The van der Waals surface area contributed by atoms with E-state index in [0.29, 0.717) is 6.07 Å². The summed E-state index contributed by atoms with van der Waals surface area (Å²) in [4.78, 5) is 0. The molecule has 7 nitrogen and oxygen atoms in total. The van der Waals surface area contributed by atoms with Crippen LogP contribution in [0, 0.1) is 17.0 Å². The van der Waals surface area contributed by atoms with Gasteiger partial charge in [-0.25, -0.2) is 22.2 Å². The molecule has 2 bridgehead atoms. The summed E-state index contributed by atoms with van der Waals surface area (Å²) in [6.45, 7) is 0.932. The van der Waals surface area contributed by atoms with Crippen LogP contribution >= 0.6 is 0 Å². The van der Waals surface area contributed by atoms with E-state index in [1.807, 2.05) is 24.3 Å². The highest BCUT2D eigenvalue weighted by Gasteiger charge is 2.82. The fourth-order valence-electron chi connectivity index (χ4n) is 6.34. The average molecular weight is 504 g/mol. The van der Waals surface area contributed by atoms with Crippen LogP contribution in [-0.4, -0.2) is 50.4 Å². The number of tetrazole rings is 1. The predicted octanol–water partition coefficient (Wildman–Crippen LogP) is 3.34. The number of alkyl halides is 2. The largest absolute Gasteiger partial charge is 0.489 e. The summed E-state index contributed by atoms with van der Waals surface area (Å²) in [5.74, 6) is -5.18. The van der Waals surface area contributed by atoms with Gasteiger partial charge in [-0.1, -0.05) is 12.1 Å². The Labute approximate surface area is 204 Å². The van der Waals surface area contributed by atoms with Crippen LogP contribution in [0.3, 0.4) is 0 Å². The number of nitrogens with one attached hydrogen (secondary N) is 1. The first-order valence-corrected chi connectivity index (χ1v) is 11.9. The third-order valence-electron chi connectivity index (χ3n) is 8.16. The summed E-state index contributed by atoms with van der Waals surface area (Å²) in [6, 6.07) is 9.75. The van der Waals surface area contributed by atoms with Gasteiger partial charge in [-0.05, 0) is 77.9 Å². The fourth-order valence-corrected chi connectivity index (χ4v) is 6.34. The van der Waals surface area contributed by atoms with E-state index in [9.17, 15) is 13.9 Å². The Morgan fingerprint density at radius 3 is 2.47 bits per heavy atom. The van der Waals surface area contributed by atoms with Crippen LogP contribution < -0.4 is 10.1 Å². The lowest BCUT2D eigenvalue weighted by atomic mass is 9.30. The zero-order valence-electron chi connectivity index (χ0n) is 19.3. The number of rotatable bonds is 8. The summed E-state index contributed by atoms with van der Waals surface area (Å²) < 4.78 is 67.7. The zero-order chi connectivity index (χ0) is 25.2. The van der Waals surface area contributed by atoms with Gasteiger partial charge in [0.25, 0.3) is 5.92 Å². The molecule has 2 atom stereocenters. The van der Waals surface area contributed by atoms with Crippen LogP contribution in [0.25, 0.3) is 0 Å². The highest BCUT2D eigenvalue weighted by Crippen LogP contribution is 2.80. The van der Waals surface area contributed by atoms with Gasteiger partial charge in [-0.2, -0.15) is 0 Å². The fraction of sp³-hybridized carbons (Fsp3) is 0.480. The molecule has 1 aromatic heterocycles. The predicted molar refractivity (Wildman–Crippen MR) is 119 cm³/mol. The highest BCUT2D eigenvalue weighted by atomic mass is 19.3.